The van der Waals surface area contributed by atoms with Gasteiger partial charge in [0.15, 0.2) is 98.5 Å². The van der Waals surface area contributed by atoms with Crippen molar-refractivity contribution in [3.63, 3.8) is 0 Å². The number of nitrogens with zero attached hydrogens (tertiary/aromatic N) is 16. The zero-order valence-corrected chi connectivity index (χ0v) is 81.1. The summed E-state index contributed by atoms with van der Waals surface area (Å²) in [7, 11) is 6.59. The van der Waals surface area contributed by atoms with Crippen molar-refractivity contribution in [1.29, 1.82) is 0 Å². The summed E-state index contributed by atoms with van der Waals surface area (Å²) in [5.74, 6) is -0.918. The molecule has 146 heavy (non-hydrogen) atoms. The highest BCUT2D eigenvalue weighted by molar-refractivity contribution is 6.05. The van der Waals surface area contributed by atoms with Crippen molar-refractivity contribution in [2.45, 2.75) is 68.7 Å². The number of aromatic amines is 7. The van der Waals surface area contributed by atoms with E-state index in [2.05, 4.69) is 117 Å². The second-order valence-electron chi connectivity index (χ2n) is 33.7. The Morgan fingerprint density at radius 1 is 0.363 bits per heavy atom. The number of pyridine rings is 1. The first-order valence-electron chi connectivity index (χ1n) is 46.0. The van der Waals surface area contributed by atoms with Crippen LogP contribution in [0.4, 0.5) is 64.0 Å². The molecule has 1 aliphatic heterocycles. The van der Waals surface area contributed by atoms with E-state index in [-0.39, 0.29) is 116 Å². The van der Waals surface area contributed by atoms with Crippen LogP contribution in [0.1, 0.15) is 104 Å². The third-order valence-electron chi connectivity index (χ3n) is 23.4. The number of halogens is 4. The van der Waals surface area contributed by atoms with Crippen LogP contribution in [0.5, 0.6) is 58.0 Å². The van der Waals surface area contributed by atoms with Crippen LogP contribution < -0.4 is 49.7 Å². The first-order chi connectivity index (χ1) is 70.5. The first kappa shape index (κ1) is 98.7. The van der Waals surface area contributed by atoms with Gasteiger partial charge in [-0.1, -0.05) is 48.5 Å². The maximum absolute atomic E-state index is 15.3. The van der Waals surface area contributed by atoms with Crippen molar-refractivity contribution in [3.8, 4) is 91.9 Å². The number of aryl methyl sites for hydroxylation is 4. The summed E-state index contributed by atoms with van der Waals surface area (Å²) >= 11 is 0. The van der Waals surface area contributed by atoms with E-state index in [4.69, 9.17) is 28.4 Å². The van der Waals surface area contributed by atoms with Gasteiger partial charge in [0, 0.05) is 163 Å². The first-order valence-corrected chi connectivity index (χ1v) is 46.0. The molecule has 12 aromatic heterocycles. The number of nitrogens with one attached hydrogen (secondary N) is 11. The summed E-state index contributed by atoms with van der Waals surface area (Å²) < 4.78 is 95.2. The van der Waals surface area contributed by atoms with Gasteiger partial charge in [0.2, 0.25) is 30.3 Å². The lowest BCUT2D eigenvalue weighted by atomic mass is 10.1. The fourth-order valence-corrected chi connectivity index (χ4v) is 15.4. The molecule has 0 aliphatic carbocycles. The van der Waals surface area contributed by atoms with Crippen molar-refractivity contribution < 1.29 is 70.0 Å². The molecule has 0 spiro atoms. The van der Waals surface area contributed by atoms with Gasteiger partial charge in [-0.25, -0.2) is 57.4 Å². The summed E-state index contributed by atoms with van der Waals surface area (Å²) in [4.78, 5) is 121. The number of hydrogen-bond donors (Lipinski definition) is 11. The fourth-order valence-electron chi connectivity index (χ4n) is 15.4. The van der Waals surface area contributed by atoms with E-state index in [1.807, 2.05) is 134 Å². The molecule has 0 saturated carbocycles. The molecule has 7 aromatic carbocycles. The van der Waals surface area contributed by atoms with Crippen molar-refractivity contribution >= 4 is 119 Å². The molecular weight excluding hydrogens is 1880 g/mol. The van der Waals surface area contributed by atoms with Gasteiger partial charge in [-0.05, 0) is 189 Å². The summed E-state index contributed by atoms with van der Waals surface area (Å²) in [6, 6.07) is 52.9. The molecule has 13 heterocycles. The number of rotatable bonds is 29. The number of ether oxygens (including phenoxy) is 6. The van der Waals surface area contributed by atoms with E-state index < -0.39 is 35.1 Å². The number of hydrogen-bond acceptors (Lipinski definition) is 27. The van der Waals surface area contributed by atoms with E-state index in [1.54, 1.807) is 113 Å². The molecule has 11 N–H and O–H groups in total. The molecule has 0 saturated heterocycles. The summed E-state index contributed by atoms with van der Waals surface area (Å²) in [6.45, 7) is 18.2. The second kappa shape index (κ2) is 43.4. The molecule has 0 atom stereocenters. The third-order valence-corrected chi connectivity index (χ3v) is 23.4. The average Bonchev–Trinajstić information content (AvgIpc) is 1.53. The Bertz CT molecular complexity index is 7840. The van der Waals surface area contributed by atoms with E-state index >= 15 is 17.6 Å². The number of fused-ring (bicyclic) bond motifs is 5. The minimum atomic E-state index is -0.562. The van der Waals surface area contributed by atoms with Crippen molar-refractivity contribution in [2.24, 2.45) is 0 Å². The second-order valence-corrected chi connectivity index (χ2v) is 33.7. The molecule has 0 unspecified atom stereocenters. The summed E-state index contributed by atoms with van der Waals surface area (Å²) in [5.41, 5.74) is 12.3. The number of carbonyl (C=O) groups excluding carboxylic acids is 5. The largest absolute Gasteiger partial charge is 0.454 e. The van der Waals surface area contributed by atoms with Crippen LogP contribution in [-0.2, 0) is 11.2 Å². The topological polar surface area (TPSA) is 467 Å². The SMILES string of the molecule is CCN(C)C(=O)c1c(Nc2cc(-c3ccc4c(c3)OCO4)[nH]n2)ncnc1Oc1ccc2[nH]c(C)cc2c1F.CCN(C)C(=O)c1c(Nc2cc(-c3ccccc3)[nH]n2)ncnc1Oc1ccc2[nH]c(C)cc2c1F.CCN(C)C(=O)c1c(Nc2cc(-c3ccccn3)[nH]n2)ncnc1Oc1ccc2[nH]c(C)cc2c1F.CCN(C)C(=O)c1c(Nc2ccc(CC(C)=O)cc2)ncnc1Oc1ccc2[nH]c(C)cc2c1F. The maximum Gasteiger partial charge on any atom is 0.262 e. The third kappa shape index (κ3) is 21.8. The van der Waals surface area contributed by atoms with E-state index in [9.17, 15) is 24.0 Å². The lowest BCUT2D eigenvalue weighted by molar-refractivity contribution is -0.116. The number of Topliss-reactive ketones (excluding diaryl/α,β-unsaturated/α-hetero) is 1. The molecule has 20 rings (SSSR count). The monoisotopic (exact) mass is 1980 g/mol. The molecule has 0 radical (unpaired) electrons. The van der Waals surface area contributed by atoms with Crippen LogP contribution in [0.25, 0.3) is 77.5 Å². The number of amides is 4. The Labute approximate surface area is 830 Å². The summed E-state index contributed by atoms with van der Waals surface area (Å²) in [5, 5.41) is 35.6. The van der Waals surface area contributed by atoms with Crippen molar-refractivity contribution in [3.05, 3.63) is 287 Å². The van der Waals surface area contributed by atoms with Crippen LogP contribution in [0, 0.1) is 51.0 Å². The number of ketones is 1. The molecule has 1 aliphatic rings. The molecule has 0 bridgehead atoms. The molecular formula is C104H97F4N27O11. The molecule has 42 heteroatoms. The highest BCUT2D eigenvalue weighted by atomic mass is 19.1. The van der Waals surface area contributed by atoms with Crippen LogP contribution in [0.2, 0.25) is 0 Å². The van der Waals surface area contributed by atoms with Gasteiger partial charge in [0.25, 0.3) is 23.6 Å². The Morgan fingerprint density at radius 2 is 0.705 bits per heavy atom. The number of anilines is 8. The smallest absolute Gasteiger partial charge is 0.262 e. The predicted molar refractivity (Wildman–Crippen MR) is 541 cm³/mol. The highest BCUT2D eigenvalue weighted by Crippen LogP contribution is 2.43. The van der Waals surface area contributed by atoms with Crippen LogP contribution >= 0.6 is 0 Å². The molecule has 38 nitrogen and oxygen atoms in total. The standard InChI is InChI=1S/C27H24FN7O4.C26H24FN7O2.C26H26FN5O3.C25H23FN8O2/c1-4-35(3)27(36)23-25(32-22-11-18(33-34-22)15-5-7-19-21(10-15)38-13-37-19)29-12-30-26(23)39-20-8-6-17-16(24(20)28)9-14(2)31-17;1-4-34(3)26(35)22-24(31-21-13-19(32-33-21)16-8-6-5-7-9-16)28-14-29-25(22)36-20-11-10-18-17(23(20)27)12-15(2)30-18;1-5-32(4)26(34)22-24(31-18-8-6-17(7-9-18)13-16(3)33)28-14-29-25(22)35-21-11-10-20-19(23(21)27)12-15(2)30-20;1-4-34(3)25(35)21-23(31-20-12-18(32-33-20)17-7-5-6-10-27-17)28-13-29-24(21)36-19-9-8-16-15(22(19)26)11-14(2)30-16/h5-12,31H,4,13H2,1-3H3,(H2,29,30,32,33,34);5-14,30H,4H2,1-3H3,(H2,28,29,31,32,33);6-12,14,30H,5,13H2,1-4H3,(H,28,29,31);5-13,30H,4H2,1-3H3,(H2,28,29,31,32,33). The summed E-state index contributed by atoms with van der Waals surface area (Å²) in [6.07, 6.45) is 7.00. The van der Waals surface area contributed by atoms with Crippen LogP contribution in [0.15, 0.2) is 213 Å². The Hall–Kier alpha value is -18.9. The minimum Gasteiger partial charge on any atom is -0.454 e. The quantitative estimate of drug-likeness (QED) is 0.0194. The van der Waals surface area contributed by atoms with Gasteiger partial charge < -0.3 is 89.2 Å². The average molecular weight is 1980 g/mol. The van der Waals surface area contributed by atoms with Crippen molar-refractivity contribution in [2.75, 3.05) is 82.4 Å². The van der Waals surface area contributed by atoms with Crippen LogP contribution in [0.3, 0.4) is 0 Å². The zero-order chi connectivity index (χ0) is 103. The van der Waals surface area contributed by atoms with E-state index in [0.717, 1.165) is 45.2 Å². The van der Waals surface area contributed by atoms with Gasteiger partial charge >= 0.3 is 0 Å². The molecule has 19 aromatic rings. The number of aromatic nitrogens is 19. The van der Waals surface area contributed by atoms with E-state index in [1.165, 1.54) is 76.1 Å². The normalized spacial score (nSPS) is 11.3. The van der Waals surface area contributed by atoms with Crippen molar-refractivity contribution in [1.82, 2.24) is 115 Å². The molecule has 742 valence electrons. The number of benzene rings is 7. The van der Waals surface area contributed by atoms with E-state index in [0.29, 0.717) is 128 Å². The lowest BCUT2D eigenvalue weighted by Gasteiger charge is -2.19. The number of carbonyl (C=O) groups is 5. The van der Waals surface area contributed by atoms with Crippen LogP contribution in [-0.4, -0.2) is 206 Å². The fraction of sp³-hybridized carbons (Fsp3) is 0.183. The van der Waals surface area contributed by atoms with Gasteiger partial charge in [-0.15, -0.1) is 0 Å². The molecule has 0 fully saturated rings. The van der Waals surface area contributed by atoms with Gasteiger partial charge in [0.05, 0.1) is 22.8 Å². The molecule has 4 amide bonds. The number of H-pyrrole nitrogens is 7. The Balaban J connectivity index is 0.000000133. The Morgan fingerprint density at radius 3 is 1.06 bits per heavy atom. The van der Waals surface area contributed by atoms with Gasteiger partial charge in [-0.3, -0.25) is 44.3 Å². The lowest BCUT2D eigenvalue weighted by Crippen LogP contribution is -2.28. The maximum atomic E-state index is 15.3. The Kier molecular flexibility index (Phi) is 29.4. The van der Waals surface area contributed by atoms with Gasteiger partial charge in [0.1, 0.15) is 53.3 Å². The zero-order valence-electron chi connectivity index (χ0n) is 81.1. The minimum absolute atomic E-state index is 0.0409. The highest BCUT2D eigenvalue weighted by Gasteiger charge is 2.32. The predicted octanol–water partition coefficient (Wildman–Crippen LogP) is 20.6. The van der Waals surface area contributed by atoms with Gasteiger partial charge in [-0.2, -0.15) is 15.3 Å².